The minimum absolute atomic E-state index is 0.254. The van der Waals surface area contributed by atoms with Crippen LogP contribution in [0.2, 0.25) is 10.0 Å². The largest absolute Gasteiger partial charge is 0.508 e. The summed E-state index contributed by atoms with van der Waals surface area (Å²) in [6.07, 6.45) is 0. The van der Waals surface area contributed by atoms with E-state index in [0.717, 1.165) is 25.2 Å². The maximum atomic E-state index is 9.73. The SMILES string of the molecule is CCN1Cc2cc(O)ccc2C(c2ccc(Cl)c(Cl)c2)C1. The highest BCUT2D eigenvalue weighted by atomic mass is 35.5. The van der Waals surface area contributed by atoms with E-state index < -0.39 is 0 Å². The molecule has 0 saturated carbocycles. The molecule has 1 unspecified atom stereocenters. The summed E-state index contributed by atoms with van der Waals surface area (Å²) in [6.45, 7) is 4.96. The second-order valence-electron chi connectivity index (χ2n) is 5.44. The number of hydrogen-bond acceptors (Lipinski definition) is 2. The van der Waals surface area contributed by atoms with Gasteiger partial charge in [-0.3, -0.25) is 4.90 Å². The van der Waals surface area contributed by atoms with Gasteiger partial charge in [0, 0.05) is 19.0 Å². The molecular weight excluding hydrogens is 305 g/mol. The molecule has 0 radical (unpaired) electrons. The number of aromatic hydroxyl groups is 1. The van der Waals surface area contributed by atoms with E-state index in [-0.39, 0.29) is 5.92 Å². The van der Waals surface area contributed by atoms with E-state index in [2.05, 4.69) is 11.8 Å². The predicted molar refractivity (Wildman–Crippen MR) is 87.4 cm³/mol. The zero-order chi connectivity index (χ0) is 15.0. The molecule has 0 fully saturated rings. The second-order valence-corrected chi connectivity index (χ2v) is 6.25. The summed E-state index contributed by atoms with van der Waals surface area (Å²) in [5.41, 5.74) is 3.60. The predicted octanol–water partition coefficient (Wildman–Crippen LogP) is 4.67. The topological polar surface area (TPSA) is 23.5 Å². The van der Waals surface area contributed by atoms with Crippen LogP contribution in [0.15, 0.2) is 36.4 Å². The Kier molecular flexibility index (Phi) is 4.12. The van der Waals surface area contributed by atoms with Crippen molar-refractivity contribution in [2.75, 3.05) is 13.1 Å². The molecule has 1 aliphatic rings. The zero-order valence-electron chi connectivity index (χ0n) is 11.8. The van der Waals surface area contributed by atoms with E-state index in [1.165, 1.54) is 11.1 Å². The van der Waals surface area contributed by atoms with Crippen LogP contribution in [0.1, 0.15) is 29.5 Å². The molecule has 3 rings (SSSR count). The van der Waals surface area contributed by atoms with Gasteiger partial charge < -0.3 is 5.11 Å². The van der Waals surface area contributed by atoms with Gasteiger partial charge in [-0.05, 0) is 47.5 Å². The monoisotopic (exact) mass is 321 g/mol. The number of benzene rings is 2. The van der Waals surface area contributed by atoms with Crippen molar-refractivity contribution in [2.24, 2.45) is 0 Å². The number of hydrogen-bond donors (Lipinski definition) is 1. The summed E-state index contributed by atoms with van der Waals surface area (Å²) in [4.78, 5) is 2.37. The molecule has 1 heterocycles. The Morgan fingerprint density at radius 3 is 2.67 bits per heavy atom. The molecule has 0 aliphatic carbocycles. The minimum Gasteiger partial charge on any atom is -0.508 e. The quantitative estimate of drug-likeness (QED) is 0.869. The van der Waals surface area contributed by atoms with Gasteiger partial charge in [-0.15, -0.1) is 0 Å². The Morgan fingerprint density at radius 2 is 1.95 bits per heavy atom. The van der Waals surface area contributed by atoms with Gasteiger partial charge in [0.15, 0.2) is 0 Å². The van der Waals surface area contributed by atoms with Gasteiger partial charge in [0.2, 0.25) is 0 Å². The van der Waals surface area contributed by atoms with Crippen LogP contribution in [0, 0.1) is 0 Å². The van der Waals surface area contributed by atoms with Crippen LogP contribution in [-0.2, 0) is 6.54 Å². The summed E-state index contributed by atoms with van der Waals surface area (Å²) in [7, 11) is 0. The van der Waals surface area contributed by atoms with E-state index in [0.29, 0.717) is 15.8 Å². The smallest absolute Gasteiger partial charge is 0.115 e. The summed E-state index contributed by atoms with van der Waals surface area (Å²) in [5, 5.41) is 10.9. The highest BCUT2D eigenvalue weighted by Gasteiger charge is 2.26. The lowest BCUT2D eigenvalue weighted by atomic mass is 9.84. The standard InChI is InChI=1S/C17H17Cl2NO/c1-2-20-9-12-7-13(21)4-5-14(12)15(10-20)11-3-6-16(18)17(19)8-11/h3-8,15,21H,2,9-10H2,1H3. The number of phenolic OH excluding ortho intramolecular Hbond substituents is 1. The molecule has 0 saturated heterocycles. The molecule has 4 heteroatoms. The molecule has 2 aromatic rings. The van der Waals surface area contributed by atoms with E-state index in [1.54, 1.807) is 6.07 Å². The molecule has 0 spiro atoms. The highest BCUT2D eigenvalue weighted by Crippen LogP contribution is 2.37. The molecular formula is C17H17Cl2NO. The van der Waals surface area contributed by atoms with Crippen molar-refractivity contribution in [3.8, 4) is 5.75 Å². The molecule has 2 nitrogen and oxygen atoms in total. The number of phenols is 1. The third-order valence-corrected chi connectivity index (χ3v) is 4.87. The number of rotatable bonds is 2. The summed E-state index contributed by atoms with van der Waals surface area (Å²) >= 11 is 12.2. The van der Waals surface area contributed by atoms with Gasteiger partial charge in [-0.1, -0.05) is 42.3 Å². The van der Waals surface area contributed by atoms with Crippen molar-refractivity contribution in [3.63, 3.8) is 0 Å². The number of nitrogens with zero attached hydrogens (tertiary/aromatic N) is 1. The molecule has 21 heavy (non-hydrogen) atoms. The van der Waals surface area contributed by atoms with Crippen LogP contribution in [0.4, 0.5) is 0 Å². The molecule has 110 valence electrons. The molecule has 0 amide bonds. The third-order valence-electron chi connectivity index (χ3n) is 4.13. The number of halogens is 2. The Labute approximate surface area is 134 Å². The van der Waals surface area contributed by atoms with Crippen LogP contribution < -0.4 is 0 Å². The highest BCUT2D eigenvalue weighted by molar-refractivity contribution is 6.42. The van der Waals surface area contributed by atoms with Gasteiger partial charge in [0.1, 0.15) is 5.75 Å². The molecule has 1 atom stereocenters. The van der Waals surface area contributed by atoms with Gasteiger partial charge in [0.25, 0.3) is 0 Å². The lowest BCUT2D eigenvalue weighted by Crippen LogP contribution is -2.33. The van der Waals surface area contributed by atoms with Crippen molar-refractivity contribution in [2.45, 2.75) is 19.4 Å². The Morgan fingerprint density at radius 1 is 1.14 bits per heavy atom. The maximum absolute atomic E-state index is 9.73. The fourth-order valence-electron chi connectivity index (χ4n) is 2.99. The fourth-order valence-corrected chi connectivity index (χ4v) is 3.29. The van der Waals surface area contributed by atoms with Gasteiger partial charge in [-0.25, -0.2) is 0 Å². The van der Waals surface area contributed by atoms with E-state index in [9.17, 15) is 5.11 Å². The van der Waals surface area contributed by atoms with Crippen LogP contribution >= 0.6 is 23.2 Å². The Hall–Kier alpha value is -1.22. The van der Waals surface area contributed by atoms with Gasteiger partial charge in [-0.2, -0.15) is 0 Å². The van der Waals surface area contributed by atoms with Crippen molar-refractivity contribution in [1.29, 1.82) is 0 Å². The van der Waals surface area contributed by atoms with Crippen molar-refractivity contribution < 1.29 is 5.11 Å². The Bertz CT molecular complexity index is 672. The number of fused-ring (bicyclic) bond motifs is 1. The van der Waals surface area contributed by atoms with E-state index in [1.807, 2.05) is 30.3 Å². The first-order chi connectivity index (χ1) is 10.1. The average molecular weight is 322 g/mol. The third kappa shape index (κ3) is 2.89. The molecule has 2 aromatic carbocycles. The maximum Gasteiger partial charge on any atom is 0.115 e. The first kappa shape index (κ1) is 14.7. The summed E-state index contributed by atoms with van der Waals surface area (Å²) in [6, 6.07) is 11.5. The number of likely N-dealkylation sites (N-methyl/N-ethyl adjacent to an activating group) is 1. The van der Waals surface area contributed by atoms with E-state index >= 15 is 0 Å². The van der Waals surface area contributed by atoms with Crippen LogP contribution in [0.25, 0.3) is 0 Å². The first-order valence-electron chi connectivity index (χ1n) is 7.07. The minimum atomic E-state index is 0.254. The molecule has 1 N–H and O–H groups in total. The zero-order valence-corrected chi connectivity index (χ0v) is 13.3. The van der Waals surface area contributed by atoms with Crippen LogP contribution in [0.5, 0.6) is 5.75 Å². The first-order valence-corrected chi connectivity index (χ1v) is 7.83. The lowest BCUT2D eigenvalue weighted by molar-refractivity contribution is 0.253. The van der Waals surface area contributed by atoms with Gasteiger partial charge >= 0.3 is 0 Å². The molecule has 1 aliphatic heterocycles. The molecule has 0 aromatic heterocycles. The Balaban J connectivity index is 2.07. The van der Waals surface area contributed by atoms with Crippen molar-refractivity contribution in [3.05, 3.63) is 63.1 Å². The molecule has 0 bridgehead atoms. The lowest BCUT2D eigenvalue weighted by Gasteiger charge is -2.34. The van der Waals surface area contributed by atoms with Crippen LogP contribution in [0.3, 0.4) is 0 Å². The van der Waals surface area contributed by atoms with Crippen LogP contribution in [-0.4, -0.2) is 23.1 Å². The van der Waals surface area contributed by atoms with Crippen molar-refractivity contribution in [1.82, 2.24) is 4.90 Å². The van der Waals surface area contributed by atoms with Gasteiger partial charge in [0.05, 0.1) is 10.0 Å². The van der Waals surface area contributed by atoms with Crippen molar-refractivity contribution >= 4 is 23.2 Å². The average Bonchev–Trinajstić information content (AvgIpc) is 2.48. The normalized spacial score (nSPS) is 18.5. The van der Waals surface area contributed by atoms with E-state index in [4.69, 9.17) is 23.2 Å². The fraction of sp³-hybridized carbons (Fsp3) is 0.294. The second kappa shape index (κ2) is 5.88. The summed E-state index contributed by atoms with van der Waals surface area (Å²) in [5.74, 6) is 0.573. The summed E-state index contributed by atoms with van der Waals surface area (Å²) < 4.78 is 0.